The first-order valence-electron chi connectivity index (χ1n) is 9.64. The lowest BCUT2D eigenvalue weighted by Gasteiger charge is -2.12. The van der Waals surface area contributed by atoms with E-state index < -0.39 is 4.92 Å². The maximum Gasteiger partial charge on any atom is 0.295 e. The molecule has 0 saturated carbocycles. The number of nitrogens with one attached hydrogen (secondary N) is 2. The number of carbonyl (C=O) groups excluding carboxylic acids is 1. The number of non-ortho nitro benzene ring substituents is 1. The molecule has 2 aromatic carbocycles. The van der Waals surface area contributed by atoms with E-state index in [1.54, 1.807) is 36.1 Å². The highest BCUT2D eigenvalue weighted by atomic mass is 16.6. The van der Waals surface area contributed by atoms with Crippen LogP contribution in [0.4, 0.5) is 17.1 Å². The van der Waals surface area contributed by atoms with Crippen LogP contribution in [0.25, 0.3) is 10.9 Å². The molecule has 2 aromatic heterocycles. The number of nitrogens with zero attached hydrogens (tertiary/aromatic N) is 4. The van der Waals surface area contributed by atoms with Gasteiger partial charge in [0, 0.05) is 47.5 Å². The maximum absolute atomic E-state index is 12.2. The zero-order chi connectivity index (χ0) is 21.8. The summed E-state index contributed by atoms with van der Waals surface area (Å²) in [6.45, 7) is 2.41. The lowest BCUT2D eigenvalue weighted by molar-refractivity contribution is -0.383. The number of aryl methyl sites for hydroxylation is 1. The van der Waals surface area contributed by atoms with Crippen molar-refractivity contribution in [2.75, 3.05) is 10.6 Å². The molecule has 0 aliphatic heterocycles. The van der Waals surface area contributed by atoms with E-state index in [9.17, 15) is 14.9 Å². The normalized spacial score (nSPS) is 10.7. The summed E-state index contributed by atoms with van der Waals surface area (Å²) >= 11 is 0. The molecule has 9 nitrogen and oxygen atoms in total. The Balaban J connectivity index is 1.50. The predicted molar refractivity (Wildman–Crippen MR) is 118 cm³/mol. The van der Waals surface area contributed by atoms with Crippen LogP contribution < -0.4 is 10.6 Å². The van der Waals surface area contributed by atoms with Crippen molar-refractivity contribution in [2.24, 2.45) is 0 Å². The van der Waals surface area contributed by atoms with Gasteiger partial charge in [-0.1, -0.05) is 24.3 Å². The van der Waals surface area contributed by atoms with E-state index >= 15 is 0 Å². The molecule has 31 heavy (non-hydrogen) atoms. The summed E-state index contributed by atoms with van der Waals surface area (Å²) in [7, 11) is 0. The maximum atomic E-state index is 12.2. The van der Waals surface area contributed by atoms with Gasteiger partial charge in [-0.15, -0.1) is 0 Å². The summed E-state index contributed by atoms with van der Waals surface area (Å²) in [5, 5.41) is 22.3. The van der Waals surface area contributed by atoms with E-state index in [4.69, 9.17) is 0 Å². The fourth-order valence-electron chi connectivity index (χ4n) is 3.35. The van der Waals surface area contributed by atoms with Gasteiger partial charge in [-0.2, -0.15) is 5.10 Å². The van der Waals surface area contributed by atoms with Crippen molar-refractivity contribution in [1.29, 1.82) is 0 Å². The quantitative estimate of drug-likeness (QED) is 0.349. The van der Waals surface area contributed by atoms with Crippen molar-refractivity contribution in [3.8, 4) is 0 Å². The summed E-state index contributed by atoms with van der Waals surface area (Å²) in [6, 6.07) is 16.0. The Hall–Kier alpha value is -4.27. The molecule has 2 N–H and O–H groups in total. The minimum Gasteiger partial charge on any atom is -0.380 e. The number of hydrogen-bond acceptors (Lipinski definition) is 6. The number of rotatable bonds is 7. The molecule has 0 aliphatic rings. The fourth-order valence-corrected chi connectivity index (χ4v) is 3.35. The lowest BCUT2D eigenvalue weighted by Crippen LogP contribution is -2.19. The van der Waals surface area contributed by atoms with Crippen LogP contribution in [0.5, 0.6) is 0 Å². The smallest absolute Gasteiger partial charge is 0.295 e. The largest absolute Gasteiger partial charge is 0.380 e. The number of carbonyl (C=O) groups is 1. The number of nitro groups is 1. The van der Waals surface area contributed by atoms with Crippen molar-refractivity contribution in [3.63, 3.8) is 0 Å². The van der Waals surface area contributed by atoms with Crippen molar-refractivity contribution < 1.29 is 9.72 Å². The number of pyridine rings is 1. The molecule has 0 fully saturated rings. The third-order valence-electron chi connectivity index (χ3n) is 4.70. The highest BCUT2D eigenvalue weighted by molar-refractivity contribution is 5.96. The molecule has 0 aliphatic carbocycles. The number of nitro benzene ring substituents is 1. The molecule has 9 heteroatoms. The molecular formula is C22H20N6O3. The Bertz CT molecular complexity index is 1250. The topological polar surface area (TPSA) is 115 Å². The first-order valence-corrected chi connectivity index (χ1v) is 9.64. The second kappa shape index (κ2) is 8.62. The first kappa shape index (κ1) is 20.0. The van der Waals surface area contributed by atoms with Gasteiger partial charge in [0.2, 0.25) is 5.91 Å². The highest BCUT2D eigenvalue weighted by Gasteiger charge is 2.15. The monoisotopic (exact) mass is 416 g/mol. The fraction of sp³-hybridized carbons (Fsp3) is 0.136. The van der Waals surface area contributed by atoms with Gasteiger partial charge in [0.15, 0.2) is 5.52 Å². The van der Waals surface area contributed by atoms with E-state index in [0.29, 0.717) is 28.8 Å². The Labute approximate surface area is 177 Å². The third kappa shape index (κ3) is 4.67. The van der Waals surface area contributed by atoms with Crippen LogP contribution in [0.15, 0.2) is 67.0 Å². The summed E-state index contributed by atoms with van der Waals surface area (Å²) in [4.78, 5) is 27.5. The zero-order valence-electron chi connectivity index (χ0n) is 16.8. The highest BCUT2D eigenvalue weighted by Crippen LogP contribution is 2.30. The van der Waals surface area contributed by atoms with Crippen LogP contribution in [0.2, 0.25) is 0 Å². The Kier molecular flexibility index (Phi) is 5.57. The van der Waals surface area contributed by atoms with Crippen LogP contribution in [0.1, 0.15) is 11.3 Å². The van der Waals surface area contributed by atoms with Crippen molar-refractivity contribution in [3.05, 3.63) is 88.4 Å². The standard InChI is InChI=1S/C22H20N6O3/c1-15-11-19(18-7-3-8-20(28(30)31)22(18)25-15)23-13-16-5-2-6-17(12-16)26-21(29)14-27-10-4-9-24-27/h2-12H,13-14H2,1H3,(H,23,25)(H,26,29). The molecule has 0 atom stereocenters. The number of para-hydroxylation sites is 1. The number of fused-ring (bicyclic) bond motifs is 1. The Morgan fingerprint density at radius 2 is 2.00 bits per heavy atom. The first-order chi connectivity index (χ1) is 15.0. The van der Waals surface area contributed by atoms with E-state index in [1.165, 1.54) is 6.07 Å². The van der Waals surface area contributed by atoms with Gasteiger partial charge in [-0.25, -0.2) is 4.98 Å². The van der Waals surface area contributed by atoms with E-state index in [-0.39, 0.29) is 18.1 Å². The Morgan fingerprint density at radius 1 is 1.16 bits per heavy atom. The molecule has 4 aromatic rings. The van der Waals surface area contributed by atoms with Crippen LogP contribution in [0, 0.1) is 17.0 Å². The molecule has 0 saturated heterocycles. The van der Waals surface area contributed by atoms with Gasteiger partial charge in [0.25, 0.3) is 5.69 Å². The van der Waals surface area contributed by atoms with Gasteiger partial charge < -0.3 is 10.6 Å². The molecule has 156 valence electrons. The SMILES string of the molecule is Cc1cc(NCc2cccc(NC(=O)Cn3cccn3)c2)c2cccc([N+](=O)[O-])c2n1. The molecule has 1 amide bonds. The van der Waals surface area contributed by atoms with Gasteiger partial charge in [-0.3, -0.25) is 19.6 Å². The van der Waals surface area contributed by atoms with E-state index in [0.717, 1.165) is 11.3 Å². The van der Waals surface area contributed by atoms with Crippen molar-refractivity contribution in [1.82, 2.24) is 14.8 Å². The van der Waals surface area contributed by atoms with Crippen LogP contribution in [-0.2, 0) is 17.9 Å². The molecule has 0 spiro atoms. The van der Waals surface area contributed by atoms with E-state index in [1.807, 2.05) is 36.4 Å². The summed E-state index contributed by atoms with van der Waals surface area (Å²) in [5.74, 6) is -0.170. The molecular weight excluding hydrogens is 396 g/mol. The van der Waals surface area contributed by atoms with Crippen molar-refractivity contribution in [2.45, 2.75) is 20.0 Å². The Morgan fingerprint density at radius 3 is 2.77 bits per heavy atom. The average Bonchev–Trinajstić information content (AvgIpc) is 3.24. The number of anilines is 2. The minimum atomic E-state index is -0.423. The van der Waals surface area contributed by atoms with Gasteiger partial charge in [-0.05, 0) is 36.8 Å². The van der Waals surface area contributed by atoms with Gasteiger partial charge >= 0.3 is 0 Å². The molecule has 0 unspecified atom stereocenters. The molecule has 4 rings (SSSR count). The zero-order valence-corrected chi connectivity index (χ0v) is 16.8. The summed E-state index contributed by atoms with van der Waals surface area (Å²) < 4.78 is 1.55. The molecule has 2 heterocycles. The minimum absolute atomic E-state index is 0.0221. The van der Waals surface area contributed by atoms with Crippen molar-refractivity contribution >= 4 is 33.9 Å². The summed E-state index contributed by atoms with van der Waals surface area (Å²) in [5.41, 5.74) is 3.41. The van der Waals surface area contributed by atoms with Crippen LogP contribution in [0.3, 0.4) is 0 Å². The lowest BCUT2D eigenvalue weighted by atomic mass is 10.1. The van der Waals surface area contributed by atoms with E-state index in [2.05, 4.69) is 20.7 Å². The number of benzene rings is 2. The van der Waals surface area contributed by atoms with Crippen LogP contribution in [-0.4, -0.2) is 25.6 Å². The molecule has 0 bridgehead atoms. The molecule has 0 radical (unpaired) electrons. The predicted octanol–water partition coefficient (Wildman–Crippen LogP) is 3.90. The summed E-state index contributed by atoms with van der Waals surface area (Å²) in [6.07, 6.45) is 3.35. The number of amides is 1. The van der Waals surface area contributed by atoms with Gasteiger partial charge in [0.05, 0.1) is 4.92 Å². The van der Waals surface area contributed by atoms with Crippen LogP contribution >= 0.6 is 0 Å². The second-order valence-electron chi connectivity index (χ2n) is 7.05. The number of aromatic nitrogens is 3. The van der Waals surface area contributed by atoms with Gasteiger partial charge in [0.1, 0.15) is 6.54 Å². The average molecular weight is 416 g/mol. The second-order valence-corrected chi connectivity index (χ2v) is 7.05. The third-order valence-corrected chi connectivity index (χ3v) is 4.70. The number of hydrogen-bond donors (Lipinski definition) is 2.